The van der Waals surface area contributed by atoms with Crippen LogP contribution in [0.4, 0.5) is 0 Å². The van der Waals surface area contributed by atoms with Crippen LogP contribution in [0.15, 0.2) is 0 Å². The highest BCUT2D eigenvalue weighted by atomic mass is 15.1. The fourth-order valence-electron chi connectivity index (χ4n) is 1.55. The Morgan fingerprint density at radius 2 is 1.92 bits per heavy atom. The van der Waals surface area contributed by atoms with Gasteiger partial charge in [0.1, 0.15) is 0 Å². The van der Waals surface area contributed by atoms with Crippen LogP contribution in [0.5, 0.6) is 0 Å². The van der Waals surface area contributed by atoms with Gasteiger partial charge in [-0.3, -0.25) is 0 Å². The van der Waals surface area contributed by atoms with E-state index in [1.807, 2.05) is 0 Å². The molecule has 2 heteroatoms. The Balaban J connectivity index is 3.46. The summed E-state index contributed by atoms with van der Waals surface area (Å²) in [5.74, 6) is 0.718. The van der Waals surface area contributed by atoms with Gasteiger partial charge in [0.05, 0.1) is 0 Å². The van der Waals surface area contributed by atoms with E-state index in [4.69, 9.17) is 5.73 Å². The molecule has 0 amide bonds. The van der Waals surface area contributed by atoms with Crippen molar-refractivity contribution in [3.63, 3.8) is 0 Å². The maximum absolute atomic E-state index is 5.96. The molecule has 0 aromatic heterocycles. The van der Waals surface area contributed by atoms with Crippen LogP contribution in [0.2, 0.25) is 0 Å². The second-order valence-electron chi connectivity index (χ2n) is 4.15. The molecular weight excluding hydrogens is 148 g/mol. The highest BCUT2D eigenvalue weighted by Gasteiger charge is 2.07. The Hall–Kier alpha value is -0.0800. The summed E-state index contributed by atoms with van der Waals surface area (Å²) in [6, 6.07) is 0.349. The van der Waals surface area contributed by atoms with Crippen molar-refractivity contribution >= 4 is 0 Å². The summed E-state index contributed by atoms with van der Waals surface area (Å²) in [6.07, 6.45) is 2.35. The molecule has 0 heterocycles. The molecule has 0 rings (SSSR count). The topological polar surface area (TPSA) is 29.3 Å². The maximum atomic E-state index is 5.96. The Kier molecular flexibility index (Phi) is 6.39. The van der Waals surface area contributed by atoms with Gasteiger partial charge in [-0.1, -0.05) is 20.8 Å². The van der Waals surface area contributed by atoms with Gasteiger partial charge in [-0.25, -0.2) is 0 Å². The lowest BCUT2D eigenvalue weighted by Gasteiger charge is -2.21. The molecule has 0 spiro atoms. The number of hydrogen-bond acceptors (Lipinski definition) is 2. The van der Waals surface area contributed by atoms with E-state index in [2.05, 4.69) is 32.7 Å². The van der Waals surface area contributed by atoms with E-state index >= 15 is 0 Å². The molecule has 0 aromatic carbocycles. The zero-order valence-electron chi connectivity index (χ0n) is 9.01. The summed E-state index contributed by atoms with van der Waals surface area (Å²) in [4.78, 5) is 2.31. The average molecular weight is 172 g/mol. The third-order valence-electron chi connectivity index (χ3n) is 1.93. The molecule has 0 aliphatic heterocycles. The van der Waals surface area contributed by atoms with Gasteiger partial charge in [-0.15, -0.1) is 0 Å². The lowest BCUT2D eigenvalue weighted by atomic mass is 10.0. The van der Waals surface area contributed by atoms with Gasteiger partial charge in [-0.2, -0.15) is 0 Å². The molecule has 74 valence electrons. The fraction of sp³-hybridized carbons (Fsp3) is 1.00. The van der Waals surface area contributed by atoms with Crippen molar-refractivity contribution in [1.29, 1.82) is 0 Å². The summed E-state index contributed by atoms with van der Waals surface area (Å²) in [6.45, 7) is 8.83. The molecule has 0 saturated heterocycles. The van der Waals surface area contributed by atoms with Crippen molar-refractivity contribution < 1.29 is 0 Å². The summed E-state index contributed by atoms with van der Waals surface area (Å²) in [5.41, 5.74) is 5.96. The highest BCUT2D eigenvalue weighted by Crippen LogP contribution is 2.03. The smallest absolute Gasteiger partial charge is 0.0170 e. The minimum atomic E-state index is 0.349. The van der Waals surface area contributed by atoms with Crippen molar-refractivity contribution in [1.82, 2.24) is 4.90 Å². The van der Waals surface area contributed by atoms with Gasteiger partial charge in [0.25, 0.3) is 0 Å². The molecule has 0 bridgehead atoms. The fourth-order valence-corrected chi connectivity index (χ4v) is 1.55. The van der Waals surface area contributed by atoms with E-state index in [0.717, 1.165) is 25.4 Å². The largest absolute Gasteiger partial charge is 0.327 e. The molecule has 1 atom stereocenters. The summed E-state index contributed by atoms with van der Waals surface area (Å²) in [5, 5.41) is 0. The molecule has 0 radical (unpaired) electrons. The predicted molar refractivity (Wildman–Crippen MR) is 55.2 cm³/mol. The van der Waals surface area contributed by atoms with Crippen LogP contribution in [0.3, 0.4) is 0 Å². The number of rotatable bonds is 6. The van der Waals surface area contributed by atoms with Crippen LogP contribution in [0, 0.1) is 5.92 Å². The van der Waals surface area contributed by atoms with E-state index in [1.165, 1.54) is 6.42 Å². The molecule has 0 saturated carbocycles. The predicted octanol–water partition coefficient (Wildman–Crippen LogP) is 1.70. The molecule has 2 N–H and O–H groups in total. The van der Waals surface area contributed by atoms with Crippen LogP contribution in [-0.4, -0.2) is 31.1 Å². The average Bonchev–Trinajstić information content (AvgIpc) is 1.84. The van der Waals surface area contributed by atoms with Gasteiger partial charge < -0.3 is 10.6 Å². The van der Waals surface area contributed by atoms with Crippen molar-refractivity contribution in [3.05, 3.63) is 0 Å². The third kappa shape index (κ3) is 6.62. The number of nitrogens with two attached hydrogens (primary N) is 1. The first-order valence-electron chi connectivity index (χ1n) is 5.00. The van der Waals surface area contributed by atoms with Crippen molar-refractivity contribution in [2.45, 2.75) is 39.7 Å². The minimum absolute atomic E-state index is 0.349. The first-order chi connectivity index (χ1) is 5.56. The van der Waals surface area contributed by atoms with Crippen LogP contribution in [0.25, 0.3) is 0 Å². The monoisotopic (exact) mass is 172 g/mol. The Labute approximate surface area is 77.1 Å². The zero-order valence-corrected chi connectivity index (χ0v) is 9.01. The van der Waals surface area contributed by atoms with E-state index in [9.17, 15) is 0 Å². The third-order valence-corrected chi connectivity index (χ3v) is 1.93. The van der Waals surface area contributed by atoms with E-state index in [0.29, 0.717) is 6.04 Å². The first-order valence-corrected chi connectivity index (χ1v) is 5.00. The summed E-state index contributed by atoms with van der Waals surface area (Å²) < 4.78 is 0. The minimum Gasteiger partial charge on any atom is -0.327 e. The highest BCUT2D eigenvalue weighted by molar-refractivity contribution is 4.67. The van der Waals surface area contributed by atoms with Crippen molar-refractivity contribution in [3.8, 4) is 0 Å². The molecule has 0 fully saturated rings. The second kappa shape index (κ2) is 6.44. The Bertz CT molecular complexity index is 102. The van der Waals surface area contributed by atoms with Gasteiger partial charge in [0, 0.05) is 12.6 Å². The molecule has 2 nitrogen and oxygen atoms in total. The molecule has 0 aliphatic carbocycles. The standard InChI is InChI=1S/C10H24N2/c1-5-6-12(4)8-10(11)7-9(2)3/h9-10H,5-8,11H2,1-4H3/t10-/m0/s1. The molecular formula is C10H24N2. The number of likely N-dealkylation sites (N-methyl/N-ethyl adjacent to an activating group) is 1. The maximum Gasteiger partial charge on any atom is 0.0170 e. The van der Waals surface area contributed by atoms with Gasteiger partial charge in [-0.05, 0) is 32.4 Å². The van der Waals surface area contributed by atoms with Crippen LogP contribution >= 0.6 is 0 Å². The lowest BCUT2D eigenvalue weighted by Crippen LogP contribution is -2.36. The normalized spacial score (nSPS) is 14.2. The molecule has 0 aromatic rings. The van der Waals surface area contributed by atoms with E-state index < -0.39 is 0 Å². The van der Waals surface area contributed by atoms with E-state index in [1.54, 1.807) is 0 Å². The molecule has 0 unspecified atom stereocenters. The Morgan fingerprint density at radius 1 is 1.33 bits per heavy atom. The summed E-state index contributed by atoms with van der Waals surface area (Å²) >= 11 is 0. The van der Waals surface area contributed by atoms with Crippen LogP contribution in [-0.2, 0) is 0 Å². The lowest BCUT2D eigenvalue weighted by molar-refractivity contribution is 0.294. The SMILES string of the molecule is CCCN(C)C[C@@H](N)CC(C)C. The molecule has 0 aliphatic rings. The summed E-state index contributed by atoms with van der Waals surface area (Å²) in [7, 11) is 2.14. The van der Waals surface area contributed by atoms with Gasteiger partial charge in [0.2, 0.25) is 0 Å². The van der Waals surface area contributed by atoms with E-state index in [-0.39, 0.29) is 0 Å². The molecule has 12 heavy (non-hydrogen) atoms. The number of nitrogens with zero attached hydrogens (tertiary/aromatic N) is 1. The van der Waals surface area contributed by atoms with Crippen molar-refractivity contribution in [2.75, 3.05) is 20.1 Å². The first kappa shape index (κ1) is 11.9. The van der Waals surface area contributed by atoms with Gasteiger partial charge >= 0.3 is 0 Å². The number of hydrogen-bond donors (Lipinski definition) is 1. The zero-order chi connectivity index (χ0) is 9.56. The quantitative estimate of drug-likeness (QED) is 0.661. The van der Waals surface area contributed by atoms with Crippen molar-refractivity contribution in [2.24, 2.45) is 11.7 Å². The van der Waals surface area contributed by atoms with Crippen LogP contribution in [0.1, 0.15) is 33.6 Å². The van der Waals surface area contributed by atoms with Crippen LogP contribution < -0.4 is 5.73 Å². The Morgan fingerprint density at radius 3 is 2.33 bits per heavy atom. The van der Waals surface area contributed by atoms with Gasteiger partial charge in [0.15, 0.2) is 0 Å². The second-order valence-corrected chi connectivity index (χ2v) is 4.15.